The molecule has 0 saturated carbocycles. The zero-order chi connectivity index (χ0) is 13.1. The van der Waals surface area contributed by atoms with Crippen LogP contribution in [0.25, 0.3) is 0 Å². The summed E-state index contributed by atoms with van der Waals surface area (Å²) in [6.07, 6.45) is 0. The van der Waals surface area contributed by atoms with Gasteiger partial charge in [0.05, 0.1) is 6.54 Å². The van der Waals surface area contributed by atoms with E-state index in [9.17, 15) is 4.79 Å². The van der Waals surface area contributed by atoms with Crippen LogP contribution in [-0.2, 0) is 6.54 Å². The maximum Gasteiger partial charge on any atom is 0.270 e. The van der Waals surface area contributed by atoms with Gasteiger partial charge in [0.25, 0.3) is 5.91 Å². The van der Waals surface area contributed by atoms with E-state index in [1.54, 1.807) is 24.3 Å². The molecular weight excluding hydrogens is 270 g/mol. The molecule has 1 N–H and O–H groups in total. The third-order valence-corrected chi connectivity index (χ3v) is 3.45. The molecule has 18 heavy (non-hydrogen) atoms. The summed E-state index contributed by atoms with van der Waals surface area (Å²) in [7, 11) is 0. The zero-order valence-corrected chi connectivity index (χ0v) is 11.6. The molecule has 94 valence electrons. The summed E-state index contributed by atoms with van der Waals surface area (Å²) < 4.78 is 0. The van der Waals surface area contributed by atoms with E-state index in [2.05, 4.69) is 15.3 Å². The van der Waals surface area contributed by atoms with Crippen LogP contribution in [-0.4, -0.2) is 15.9 Å². The zero-order valence-electron chi connectivity index (χ0n) is 10.0. The lowest BCUT2D eigenvalue weighted by Gasteiger charge is -2.04. The Balaban J connectivity index is 2.03. The van der Waals surface area contributed by atoms with Crippen molar-refractivity contribution in [1.29, 1.82) is 0 Å². The van der Waals surface area contributed by atoms with Gasteiger partial charge >= 0.3 is 0 Å². The predicted molar refractivity (Wildman–Crippen MR) is 72.0 cm³/mol. The lowest BCUT2D eigenvalue weighted by molar-refractivity contribution is 0.0946. The van der Waals surface area contributed by atoms with Gasteiger partial charge in [0.1, 0.15) is 5.69 Å². The van der Waals surface area contributed by atoms with Crippen LogP contribution < -0.4 is 5.32 Å². The minimum atomic E-state index is -0.242. The molecule has 2 rings (SSSR count). The summed E-state index contributed by atoms with van der Waals surface area (Å²) in [5, 5.41) is 2.90. The number of aryl methyl sites for hydroxylation is 2. The largest absolute Gasteiger partial charge is 0.346 e. The Morgan fingerprint density at radius 2 is 2.17 bits per heavy atom. The summed E-state index contributed by atoms with van der Waals surface area (Å²) >= 11 is 7.37. The van der Waals surface area contributed by atoms with Gasteiger partial charge in [-0.3, -0.25) is 4.79 Å². The highest BCUT2D eigenvalue weighted by Gasteiger charge is 2.09. The number of carbonyl (C=O) groups is 1. The first kappa shape index (κ1) is 13.0. The second-order valence-electron chi connectivity index (χ2n) is 3.86. The molecule has 2 aromatic heterocycles. The van der Waals surface area contributed by atoms with Crippen LogP contribution in [0.2, 0.25) is 5.28 Å². The summed E-state index contributed by atoms with van der Waals surface area (Å²) in [5.74, 6) is -0.242. The van der Waals surface area contributed by atoms with E-state index in [4.69, 9.17) is 11.6 Å². The van der Waals surface area contributed by atoms with E-state index in [0.717, 1.165) is 4.88 Å². The number of carbonyl (C=O) groups excluding carboxylic acids is 1. The highest BCUT2D eigenvalue weighted by molar-refractivity contribution is 7.11. The Morgan fingerprint density at radius 1 is 1.39 bits per heavy atom. The van der Waals surface area contributed by atoms with Crippen LogP contribution in [0.1, 0.15) is 25.9 Å². The molecule has 0 unspecified atom stereocenters. The van der Waals surface area contributed by atoms with Crippen LogP contribution in [0, 0.1) is 13.8 Å². The number of amides is 1. The van der Waals surface area contributed by atoms with E-state index in [-0.39, 0.29) is 11.2 Å². The first-order chi connectivity index (χ1) is 8.54. The van der Waals surface area contributed by atoms with Crippen molar-refractivity contribution in [1.82, 2.24) is 15.3 Å². The molecule has 0 saturated heterocycles. The number of halogens is 1. The number of hydrogen-bond donors (Lipinski definition) is 1. The molecule has 0 atom stereocenters. The van der Waals surface area contributed by atoms with Crippen LogP contribution in [0.5, 0.6) is 0 Å². The second kappa shape index (κ2) is 5.46. The van der Waals surface area contributed by atoms with E-state index in [1.165, 1.54) is 4.88 Å². The van der Waals surface area contributed by atoms with Gasteiger partial charge < -0.3 is 5.32 Å². The molecule has 0 bridgehead atoms. The third kappa shape index (κ3) is 3.27. The topological polar surface area (TPSA) is 54.9 Å². The predicted octanol–water partition coefficient (Wildman–Crippen LogP) is 2.74. The fraction of sp³-hybridized carbons (Fsp3) is 0.250. The minimum absolute atomic E-state index is 0.0899. The molecule has 0 radical (unpaired) electrons. The van der Waals surface area contributed by atoms with Crippen molar-refractivity contribution in [3.05, 3.63) is 44.6 Å². The Labute approximate surface area is 114 Å². The molecule has 4 nitrogen and oxygen atoms in total. The van der Waals surface area contributed by atoms with Gasteiger partial charge in [-0.15, -0.1) is 11.3 Å². The van der Waals surface area contributed by atoms with E-state index >= 15 is 0 Å². The van der Waals surface area contributed by atoms with Crippen molar-refractivity contribution < 1.29 is 4.79 Å². The Bertz CT molecular complexity index is 562. The van der Waals surface area contributed by atoms with Gasteiger partial charge in [-0.05, 0) is 43.6 Å². The Morgan fingerprint density at radius 3 is 2.78 bits per heavy atom. The molecule has 6 heteroatoms. The highest BCUT2D eigenvalue weighted by atomic mass is 35.5. The average molecular weight is 282 g/mol. The standard InChI is InChI=1S/C12H12ClN3OS/c1-7-5-10(16-12(13)15-7)11(17)14-6-9-4-3-8(2)18-9/h3-5H,6H2,1-2H3,(H,14,17). The molecule has 0 spiro atoms. The van der Waals surface area contributed by atoms with E-state index < -0.39 is 0 Å². The molecule has 2 heterocycles. The highest BCUT2D eigenvalue weighted by Crippen LogP contribution is 2.14. The van der Waals surface area contributed by atoms with Gasteiger partial charge in [-0.2, -0.15) is 0 Å². The molecule has 0 fully saturated rings. The summed E-state index contributed by atoms with van der Waals surface area (Å²) in [4.78, 5) is 22.0. The van der Waals surface area contributed by atoms with Crippen molar-refractivity contribution in [2.24, 2.45) is 0 Å². The summed E-state index contributed by atoms with van der Waals surface area (Å²) in [6, 6.07) is 5.64. The second-order valence-corrected chi connectivity index (χ2v) is 5.57. The van der Waals surface area contributed by atoms with Gasteiger partial charge in [0.15, 0.2) is 0 Å². The van der Waals surface area contributed by atoms with E-state index in [0.29, 0.717) is 17.9 Å². The van der Waals surface area contributed by atoms with Crippen LogP contribution in [0.15, 0.2) is 18.2 Å². The van der Waals surface area contributed by atoms with Crippen molar-refractivity contribution in [2.75, 3.05) is 0 Å². The third-order valence-electron chi connectivity index (χ3n) is 2.28. The molecule has 0 aromatic carbocycles. The number of nitrogens with one attached hydrogen (secondary N) is 1. The maximum absolute atomic E-state index is 11.9. The number of nitrogens with zero attached hydrogens (tertiary/aromatic N) is 2. The van der Waals surface area contributed by atoms with Crippen molar-refractivity contribution >= 4 is 28.8 Å². The first-order valence-corrected chi connectivity index (χ1v) is 6.59. The molecular formula is C12H12ClN3OS. The Kier molecular flexibility index (Phi) is 3.93. The van der Waals surface area contributed by atoms with Crippen LogP contribution in [0.3, 0.4) is 0 Å². The molecule has 0 aliphatic heterocycles. The van der Waals surface area contributed by atoms with Crippen molar-refractivity contribution in [3.63, 3.8) is 0 Å². The summed E-state index contributed by atoms with van der Waals surface area (Å²) in [5.41, 5.74) is 0.966. The summed E-state index contributed by atoms with van der Waals surface area (Å²) in [6.45, 7) is 4.30. The monoisotopic (exact) mass is 281 g/mol. The van der Waals surface area contributed by atoms with E-state index in [1.807, 2.05) is 19.1 Å². The number of aromatic nitrogens is 2. The smallest absolute Gasteiger partial charge is 0.270 e. The SMILES string of the molecule is Cc1cc(C(=O)NCc2ccc(C)s2)nc(Cl)n1. The van der Waals surface area contributed by atoms with Crippen molar-refractivity contribution in [2.45, 2.75) is 20.4 Å². The average Bonchev–Trinajstić information content (AvgIpc) is 2.70. The Hall–Kier alpha value is -1.46. The van der Waals surface area contributed by atoms with Gasteiger partial charge in [0.2, 0.25) is 5.28 Å². The molecule has 2 aromatic rings. The molecule has 1 amide bonds. The fourth-order valence-corrected chi connectivity index (χ4v) is 2.54. The fourth-order valence-electron chi connectivity index (χ4n) is 1.49. The first-order valence-electron chi connectivity index (χ1n) is 5.39. The molecule has 0 aliphatic carbocycles. The van der Waals surface area contributed by atoms with Gasteiger partial charge in [0, 0.05) is 15.4 Å². The van der Waals surface area contributed by atoms with Crippen LogP contribution in [0.4, 0.5) is 0 Å². The normalized spacial score (nSPS) is 10.4. The number of thiophene rings is 1. The minimum Gasteiger partial charge on any atom is -0.346 e. The van der Waals surface area contributed by atoms with Gasteiger partial charge in [-0.1, -0.05) is 0 Å². The maximum atomic E-state index is 11.9. The number of rotatable bonds is 3. The molecule has 0 aliphatic rings. The quantitative estimate of drug-likeness (QED) is 0.880. The van der Waals surface area contributed by atoms with Crippen LogP contribution >= 0.6 is 22.9 Å². The van der Waals surface area contributed by atoms with Crippen molar-refractivity contribution in [3.8, 4) is 0 Å². The number of hydrogen-bond acceptors (Lipinski definition) is 4. The lowest BCUT2D eigenvalue weighted by atomic mass is 10.3. The lowest BCUT2D eigenvalue weighted by Crippen LogP contribution is -2.23. The van der Waals surface area contributed by atoms with Gasteiger partial charge in [-0.25, -0.2) is 9.97 Å².